The lowest BCUT2D eigenvalue weighted by atomic mass is 10.1. The Morgan fingerprint density at radius 3 is 0.812 bits per heavy atom. The van der Waals surface area contributed by atoms with E-state index in [4.69, 9.17) is 37.0 Å². The number of esters is 4. The maximum Gasteiger partial charge on any atom is 0.472 e. The minimum atomic E-state index is -4.97. The minimum absolute atomic E-state index is 0.0849. The number of aliphatic hydroxyl groups excluding tert-OH is 1. The van der Waals surface area contributed by atoms with Gasteiger partial charge < -0.3 is 33.8 Å². The van der Waals surface area contributed by atoms with Gasteiger partial charge in [0.25, 0.3) is 0 Å². The van der Waals surface area contributed by atoms with E-state index in [1.165, 1.54) is 109 Å². The number of hydrogen-bond acceptors (Lipinski definition) is 15. The van der Waals surface area contributed by atoms with Crippen LogP contribution >= 0.6 is 15.6 Å². The van der Waals surface area contributed by atoms with Crippen LogP contribution in [0.2, 0.25) is 0 Å². The molecular formula is C77H140O17P2. The first-order valence-corrected chi connectivity index (χ1v) is 41.5. The van der Waals surface area contributed by atoms with Crippen LogP contribution in [0.15, 0.2) is 60.8 Å². The Balaban J connectivity index is 5.33. The quantitative estimate of drug-likeness (QED) is 0.0169. The topological polar surface area (TPSA) is 237 Å². The molecule has 0 saturated carbocycles. The maximum atomic E-state index is 13.1. The first-order chi connectivity index (χ1) is 46.7. The van der Waals surface area contributed by atoms with Gasteiger partial charge in [-0.15, -0.1) is 0 Å². The molecule has 0 heterocycles. The summed E-state index contributed by atoms with van der Waals surface area (Å²) in [7, 11) is -9.94. The highest BCUT2D eigenvalue weighted by atomic mass is 31.2. The van der Waals surface area contributed by atoms with E-state index in [0.717, 1.165) is 161 Å². The normalized spacial score (nSPS) is 14.3. The molecule has 0 saturated heterocycles. The molecule has 3 N–H and O–H groups in total. The summed E-state index contributed by atoms with van der Waals surface area (Å²) in [6.45, 7) is 4.81. The molecule has 0 aliphatic carbocycles. The maximum absolute atomic E-state index is 13.1. The van der Waals surface area contributed by atoms with Crippen molar-refractivity contribution in [3.63, 3.8) is 0 Å². The Morgan fingerprint density at radius 1 is 0.292 bits per heavy atom. The van der Waals surface area contributed by atoms with Crippen LogP contribution in [0.3, 0.4) is 0 Å². The molecule has 96 heavy (non-hydrogen) atoms. The monoisotopic (exact) mass is 1400 g/mol. The molecule has 0 aromatic rings. The molecule has 0 spiro atoms. The predicted octanol–water partition coefficient (Wildman–Crippen LogP) is 21.9. The van der Waals surface area contributed by atoms with Crippen molar-refractivity contribution in [3.8, 4) is 0 Å². The SMILES string of the molecule is CCCCC/C=C\C/C=C\CCCCCCCC(=O)OCC(COP(=O)(O)OCC(O)COP(=O)(O)OCC(COC(=O)CCCCCCC/C=C\CCCCCCCC)OC(=O)CCCCCCC/C=C\CCCCCC)OC(=O)CCCCCCC/C=C\CCCCCC. The van der Waals surface area contributed by atoms with E-state index in [1.54, 1.807) is 0 Å². The van der Waals surface area contributed by atoms with E-state index in [0.29, 0.717) is 25.7 Å². The van der Waals surface area contributed by atoms with Crippen molar-refractivity contribution < 1.29 is 80.2 Å². The number of carbonyl (C=O) groups is 4. The number of phosphoric acid groups is 2. The smallest absolute Gasteiger partial charge is 0.462 e. The van der Waals surface area contributed by atoms with Crippen LogP contribution in [-0.2, 0) is 65.4 Å². The van der Waals surface area contributed by atoms with Crippen LogP contribution < -0.4 is 0 Å². The fourth-order valence-electron chi connectivity index (χ4n) is 10.5. The molecule has 0 aliphatic heterocycles. The van der Waals surface area contributed by atoms with Crippen LogP contribution in [0.5, 0.6) is 0 Å². The summed E-state index contributed by atoms with van der Waals surface area (Å²) in [5.74, 6) is -2.19. The minimum Gasteiger partial charge on any atom is -0.462 e. The van der Waals surface area contributed by atoms with Crippen molar-refractivity contribution in [1.82, 2.24) is 0 Å². The Labute approximate surface area is 584 Å². The summed E-state index contributed by atoms with van der Waals surface area (Å²) in [6, 6.07) is 0. The lowest BCUT2D eigenvalue weighted by Gasteiger charge is -2.21. The summed E-state index contributed by atoms with van der Waals surface area (Å²) in [6.07, 6.45) is 67.8. The fourth-order valence-corrected chi connectivity index (χ4v) is 12.0. The van der Waals surface area contributed by atoms with Crippen molar-refractivity contribution in [2.45, 2.75) is 367 Å². The third kappa shape index (κ3) is 69.2. The Hall–Kier alpha value is -3.24. The first-order valence-electron chi connectivity index (χ1n) is 38.5. The number of carbonyl (C=O) groups excluding carboxylic acids is 4. The lowest BCUT2D eigenvalue weighted by Crippen LogP contribution is -2.30. The van der Waals surface area contributed by atoms with Crippen LogP contribution in [0.4, 0.5) is 0 Å². The summed E-state index contributed by atoms with van der Waals surface area (Å²) in [5, 5.41) is 10.6. The second-order valence-electron chi connectivity index (χ2n) is 25.9. The van der Waals surface area contributed by atoms with Gasteiger partial charge in [0, 0.05) is 25.7 Å². The number of ether oxygens (including phenoxy) is 4. The third-order valence-electron chi connectivity index (χ3n) is 16.4. The van der Waals surface area contributed by atoms with E-state index in [1.807, 2.05) is 0 Å². The van der Waals surface area contributed by atoms with Gasteiger partial charge in [-0.2, -0.15) is 0 Å². The number of hydrogen-bond donors (Lipinski definition) is 3. The molecule has 0 bridgehead atoms. The molecular weight excluding hydrogens is 1260 g/mol. The van der Waals surface area contributed by atoms with E-state index in [-0.39, 0.29) is 25.7 Å². The number of rotatable bonds is 73. The Kier molecular flexibility index (Phi) is 67.8. The molecule has 0 aromatic carbocycles. The summed E-state index contributed by atoms with van der Waals surface area (Å²) in [4.78, 5) is 72.8. The third-order valence-corrected chi connectivity index (χ3v) is 18.3. The van der Waals surface area contributed by atoms with Crippen molar-refractivity contribution in [2.75, 3.05) is 39.6 Å². The second-order valence-corrected chi connectivity index (χ2v) is 28.8. The summed E-state index contributed by atoms with van der Waals surface area (Å²) < 4.78 is 68.4. The molecule has 0 fully saturated rings. The Morgan fingerprint density at radius 2 is 0.510 bits per heavy atom. The molecule has 0 radical (unpaired) electrons. The molecule has 0 rings (SSSR count). The molecule has 560 valence electrons. The highest BCUT2D eigenvalue weighted by Crippen LogP contribution is 2.45. The number of unbranched alkanes of at least 4 members (excludes halogenated alkanes) is 37. The lowest BCUT2D eigenvalue weighted by molar-refractivity contribution is -0.161. The summed E-state index contributed by atoms with van der Waals surface area (Å²) in [5.41, 5.74) is 0. The van der Waals surface area contributed by atoms with Gasteiger partial charge in [0.2, 0.25) is 0 Å². The van der Waals surface area contributed by atoms with Gasteiger partial charge in [-0.1, -0.05) is 249 Å². The zero-order chi connectivity index (χ0) is 70.4. The van der Waals surface area contributed by atoms with Crippen molar-refractivity contribution >= 4 is 39.5 Å². The molecule has 5 atom stereocenters. The predicted molar refractivity (Wildman–Crippen MR) is 390 cm³/mol. The Bertz CT molecular complexity index is 2060. The van der Waals surface area contributed by atoms with Crippen LogP contribution in [0, 0.1) is 0 Å². The van der Waals surface area contributed by atoms with Gasteiger partial charge in [0.1, 0.15) is 19.3 Å². The average Bonchev–Trinajstić information content (AvgIpc) is 1.14. The number of aliphatic hydroxyl groups is 1. The van der Waals surface area contributed by atoms with E-state index in [2.05, 4.69) is 88.5 Å². The molecule has 0 aliphatic rings. The average molecular weight is 1400 g/mol. The van der Waals surface area contributed by atoms with Gasteiger partial charge >= 0.3 is 39.5 Å². The standard InChI is InChI=1S/C77H140O17P2/c1-5-9-13-17-21-25-29-33-35-39-41-45-49-53-57-61-74(79)87-67-72(93-76(81)63-59-55-51-47-43-37-31-27-23-19-15-11-7-3)69-91-95(83,84)89-65-71(78)66-90-96(85,86)92-70-73(94-77(82)64-60-56-52-48-44-38-32-28-24-20-16-12-8-4)68-88-75(80)62-58-54-50-46-42-40-36-34-30-26-22-18-14-10-6-2/h21,25,27-28,31-36,71-73,78H,5-20,22-24,26,29-30,37-70H2,1-4H3,(H,83,84)(H,85,86)/b25-21-,31-27-,32-28-,35-33-,36-34-. The van der Waals surface area contributed by atoms with Gasteiger partial charge in [-0.05, 0) is 135 Å². The van der Waals surface area contributed by atoms with Crippen LogP contribution in [0.25, 0.3) is 0 Å². The zero-order valence-corrected chi connectivity index (χ0v) is 62.8. The molecule has 0 amide bonds. The zero-order valence-electron chi connectivity index (χ0n) is 61.1. The highest BCUT2D eigenvalue weighted by Gasteiger charge is 2.30. The number of allylic oxidation sites excluding steroid dienone is 10. The highest BCUT2D eigenvalue weighted by molar-refractivity contribution is 7.47. The van der Waals surface area contributed by atoms with Crippen LogP contribution in [-0.4, -0.2) is 96.7 Å². The van der Waals surface area contributed by atoms with Crippen LogP contribution in [0.1, 0.15) is 349 Å². The van der Waals surface area contributed by atoms with Gasteiger partial charge in [-0.25, -0.2) is 9.13 Å². The van der Waals surface area contributed by atoms with Crippen molar-refractivity contribution in [3.05, 3.63) is 60.8 Å². The molecule has 5 unspecified atom stereocenters. The second kappa shape index (κ2) is 70.2. The molecule has 17 nitrogen and oxygen atoms in total. The molecule has 0 aromatic heterocycles. The fraction of sp³-hybridized carbons (Fsp3) is 0.818. The number of phosphoric ester groups is 2. The molecule has 19 heteroatoms. The summed E-state index contributed by atoms with van der Waals surface area (Å²) >= 11 is 0. The van der Waals surface area contributed by atoms with Gasteiger partial charge in [0.15, 0.2) is 12.2 Å². The van der Waals surface area contributed by atoms with Gasteiger partial charge in [-0.3, -0.25) is 37.3 Å². The first kappa shape index (κ1) is 92.8. The van der Waals surface area contributed by atoms with E-state index >= 15 is 0 Å². The largest absolute Gasteiger partial charge is 0.472 e. The van der Waals surface area contributed by atoms with E-state index < -0.39 is 97.5 Å². The van der Waals surface area contributed by atoms with Crippen molar-refractivity contribution in [1.29, 1.82) is 0 Å². The van der Waals surface area contributed by atoms with Gasteiger partial charge in [0.05, 0.1) is 26.4 Å². The van der Waals surface area contributed by atoms with Crippen molar-refractivity contribution in [2.24, 2.45) is 0 Å². The van der Waals surface area contributed by atoms with E-state index in [9.17, 15) is 43.2 Å².